The van der Waals surface area contributed by atoms with Crippen LogP contribution >= 0.6 is 11.3 Å². The zero-order chi connectivity index (χ0) is 25.5. The SMILES string of the molecule is CC(C)C[C@H](NC(=O)C(CC(=O)OC(C)(C)C)c1ccsc1)C(=O)Nc1ccc(C(=O)O)cc1. The van der Waals surface area contributed by atoms with E-state index in [1.54, 1.807) is 32.2 Å². The number of nitrogens with one attached hydrogen (secondary N) is 2. The summed E-state index contributed by atoms with van der Waals surface area (Å²) in [4.78, 5) is 49.7. The second kappa shape index (κ2) is 11.8. The fraction of sp³-hybridized carbons (Fsp3) is 0.440. The Morgan fingerprint density at radius 2 is 1.68 bits per heavy atom. The first-order chi connectivity index (χ1) is 15.9. The van der Waals surface area contributed by atoms with Gasteiger partial charge in [0.1, 0.15) is 11.6 Å². The lowest BCUT2D eigenvalue weighted by Crippen LogP contribution is -2.46. The Bertz CT molecular complexity index is 993. The van der Waals surface area contributed by atoms with E-state index >= 15 is 0 Å². The lowest BCUT2D eigenvalue weighted by molar-refractivity contribution is -0.156. The molecule has 2 amide bonds. The Morgan fingerprint density at radius 1 is 1.03 bits per heavy atom. The molecule has 3 N–H and O–H groups in total. The zero-order valence-corrected chi connectivity index (χ0v) is 20.9. The minimum absolute atomic E-state index is 0.103. The molecular weight excluding hydrogens is 456 g/mol. The van der Waals surface area contributed by atoms with Gasteiger partial charge in [0.15, 0.2) is 0 Å². The number of hydrogen-bond donors (Lipinski definition) is 3. The molecule has 8 nitrogen and oxygen atoms in total. The minimum Gasteiger partial charge on any atom is -0.478 e. The number of aromatic carboxylic acids is 1. The summed E-state index contributed by atoms with van der Waals surface area (Å²) in [5, 5.41) is 18.2. The Hall–Kier alpha value is -3.20. The molecule has 2 aromatic rings. The number of benzene rings is 1. The van der Waals surface area contributed by atoms with Crippen molar-refractivity contribution in [3.8, 4) is 0 Å². The number of anilines is 1. The van der Waals surface area contributed by atoms with Gasteiger partial charge in [-0.1, -0.05) is 13.8 Å². The molecule has 0 aliphatic rings. The van der Waals surface area contributed by atoms with Gasteiger partial charge in [0.05, 0.1) is 17.9 Å². The summed E-state index contributed by atoms with van der Waals surface area (Å²) in [6.07, 6.45) is 0.236. The summed E-state index contributed by atoms with van der Waals surface area (Å²) >= 11 is 1.41. The first-order valence-electron chi connectivity index (χ1n) is 11.0. The maximum absolute atomic E-state index is 13.3. The number of amides is 2. The normalized spacial score (nSPS) is 13.1. The first-order valence-corrected chi connectivity index (χ1v) is 12.0. The summed E-state index contributed by atoms with van der Waals surface area (Å²) in [7, 11) is 0. The van der Waals surface area contributed by atoms with Crippen molar-refractivity contribution in [1.82, 2.24) is 5.32 Å². The van der Waals surface area contributed by atoms with Gasteiger partial charge in [0.25, 0.3) is 0 Å². The van der Waals surface area contributed by atoms with Gasteiger partial charge in [-0.05, 0) is 79.8 Å². The maximum atomic E-state index is 13.3. The van der Waals surface area contributed by atoms with Crippen LogP contribution in [0.1, 0.15) is 69.3 Å². The lowest BCUT2D eigenvalue weighted by atomic mass is 9.95. The summed E-state index contributed by atoms with van der Waals surface area (Å²) in [6, 6.07) is 6.70. The monoisotopic (exact) mass is 488 g/mol. The summed E-state index contributed by atoms with van der Waals surface area (Å²) in [5.74, 6) is -3.11. The molecule has 2 atom stereocenters. The van der Waals surface area contributed by atoms with Crippen LogP contribution in [0.25, 0.3) is 0 Å². The van der Waals surface area contributed by atoms with Gasteiger partial charge in [-0.3, -0.25) is 14.4 Å². The van der Waals surface area contributed by atoms with Gasteiger partial charge in [-0.25, -0.2) is 4.79 Å². The van der Waals surface area contributed by atoms with Gasteiger partial charge in [0.2, 0.25) is 11.8 Å². The van der Waals surface area contributed by atoms with Crippen LogP contribution in [0.5, 0.6) is 0 Å². The molecule has 34 heavy (non-hydrogen) atoms. The molecule has 0 aliphatic carbocycles. The van der Waals surface area contributed by atoms with Crippen molar-refractivity contribution in [3.63, 3.8) is 0 Å². The molecule has 1 aromatic heterocycles. The standard InChI is InChI=1S/C25H32N2O6S/c1-15(2)12-20(23(30)26-18-8-6-16(7-9-18)24(31)32)27-22(29)19(17-10-11-34-14-17)13-21(28)33-25(3,4)5/h6-11,14-15,19-20H,12-13H2,1-5H3,(H,26,30)(H,27,29)(H,31,32)/t19?,20-/m0/s1. The van der Waals surface area contributed by atoms with Gasteiger partial charge in [0, 0.05) is 5.69 Å². The number of carbonyl (C=O) groups is 4. The molecule has 9 heteroatoms. The molecule has 0 radical (unpaired) electrons. The van der Waals surface area contributed by atoms with Crippen molar-refractivity contribution in [2.45, 2.75) is 65.0 Å². The number of hydrogen-bond acceptors (Lipinski definition) is 6. The third-order valence-electron chi connectivity index (χ3n) is 4.79. The number of carboxylic acids is 1. The Morgan fingerprint density at radius 3 is 2.18 bits per heavy atom. The third kappa shape index (κ3) is 8.62. The highest BCUT2D eigenvalue weighted by Gasteiger charge is 2.31. The van der Waals surface area contributed by atoms with E-state index in [0.29, 0.717) is 17.7 Å². The van der Waals surface area contributed by atoms with E-state index in [0.717, 1.165) is 0 Å². The largest absolute Gasteiger partial charge is 0.478 e. The van der Waals surface area contributed by atoms with E-state index in [4.69, 9.17) is 9.84 Å². The van der Waals surface area contributed by atoms with Crippen LogP contribution in [0.4, 0.5) is 5.69 Å². The van der Waals surface area contributed by atoms with Crippen LogP contribution in [-0.2, 0) is 19.1 Å². The van der Waals surface area contributed by atoms with E-state index in [9.17, 15) is 19.2 Å². The highest BCUT2D eigenvalue weighted by atomic mass is 32.1. The average molecular weight is 489 g/mol. The fourth-order valence-corrected chi connectivity index (χ4v) is 4.00. The minimum atomic E-state index is -1.06. The van der Waals surface area contributed by atoms with Crippen LogP contribution in [0.15, 0.2) is 41.1 Å². The van der Waals surface area contributed by atoms with Crippen LogP contribution in [-0.4, -0.2) is 40.5 Å². The van der Waals surface area contributed by atoms with E-state index in [2.05, 4.69) is 10.6 Å². The quantitative estimate of drug-likeness (QED) is 0.425. The Labute approximate surface area is 203 Å². The summed E-state index contributed by atoms with van der Waals surface area (Å²) < 4.78 is 5.40. The second-order valence-electron chi connectivity index (χ2n) is 9.46. The van der Waals surface area contributed by atoms with Crippen molar-refractivity contribution in [2.24, 2.45) is 5.92 Å². The molecule has 0 aliphatic heterocycles. The molecule has 1 unspecified atom stereocenters. The average Bonchev–Trinajstić information content (AvgIpc) is 3.24. The number of esters is 1. The molecule has 2 rings (SSSR count). The molecule has 1 heterocycles. The van der Waals surface area contributed by atoms with Crippen molar-refractivity contribution in [3.05, 3.63) is 52.2 Å². The van der Waals surface area contributed by atoms with E-state index < -0.39 is 41.3 Å². The molecule has 184 valence electrons. The predicted molar refractivity (Wildman–Crippen MR) is 131 cm³/mol. The van der Waals surface area contributed by atoms with Crippen LogP contribution in [0, 0.1) is 5.92 Å². The Balaban J connectivity index is 2.17. The molecule has 0 bridgehead atoms. The highest BCUT2D eigenvalue weighted by molar-refractivity contribution is 7.08. The highest BCUT2D eigenvalue weighted by Crippen LogP contribution is 2.25. The number of carboxylic acid groups (broad SMARTS) is 1. The fourth-order valence-electron chi connectivity index (χ4n) is 3.29. The predicted octanol–water partition coefficient (Wildman–Crippen LogP) is 4.43. The number of rotatable bonds is 10. The summed E-state index contributed by atoms with van der Waals surface area (Å²) in [5.41, 5.74) is 0.525. The summed E-state index contributed by atoms with van der Waals surface area (Å²) in [6.45, 7) is 9.15. The van der Waals surface area contributed by atoms with E-state index in [1.165, 1.54) is 35.6 Å². The van der Waals surface area contributed by atoms with Gasteiger partial charge in [-0.15, -0.1) is 0 Å². The molecule has 1 aromatic carbocycles. The number of ether oxygens (including phenoxy) is 1. The van der Waals surface area contributed by atoms with Crippen molar-refractivity contribution in [1.29, 1.82) is 0 Å². The van der Waals surface area contributed by atoms with E-state index in [-0.39, 0.29) is 17.9 Å². The van der Waals surface area contributed by atoms with Crippen molar-refractivity contribution < 1.29 is 29.0 Å². The van der Waals surface area contributed by atoms with Crippen LogP contribution in [0.2, 0.25) is 0 Å². The number of thiophene rings is 1. The topological polar surface area (TPSA) is 122 Å². The van der Waals surface area contributed by atoms with Gasteiger partial charge in [-0.2, -0.15) is 11.3 Å². The van der Waals surface area contributed by atoms with Gasteiger partial charge >= 0.3 is 11.9 Å². The molecule has 0 spiro atoms. The van der Waals surface area contributed by atoms with Crippen molar-refractivity contribution in [2.75, 3.05) is 5.32 Å². The van der Waals surface area contributed by atoms with Crippen molar-refractivity contribution >= 4 is 40.8 Å². The molecule has 0 fully saturated rings. The first kappa shape index (κ1) is 27.0. The van der Waals surface area contributed by atoms with Crippen LogP contribution < -0.4 is 10.6 Å². The third-order valence-corrected chi connectivity index (χ3v) is 5.49. The lowest BCUT2D eigenvalue weighted by Gasteiger charge is -2.24. The van der Waals surface area contributed by atoms with Gasteiger partial charge < -0.3 is 20.5 Å². The van der Waals surface area contributed by atoms with Crippen LogP contribution in [0.3, 0.4) is 0 Å². The Kier molecular flexibility index (Phi) is 9.37. The maximum Gasteiger partial charge on any atom is 0.335 e. The molecular formula is C25H32N2O6S. The molecule has 0 saturated heterocycles. The smallest absolute Gasteiger partial charge is 0.335 e. The zero-order valence-electron chi connectivity index (χ0n) is 20.1. The molecule has 0 saturated carbocycles. The van der Waals surface area contributed by atoms with E-state index in [1.807, 2.05) is 19.2 Å². The number of carbonyl (C=O) groups excluding carboxylic acids is 3. The second-order valence-corrected chi connectivity index (χ2v) is 10.2.